The molecule has 0 spiro atoms. The third-order valence-corrected chi connectivity index (χ3v) is 6.01. The van der Waals surface area contributed by atoms with Gasteiger partial charge in [0, 0.05) is 19.4 Å². The van der Waals surface area contributed by atoms with Crippen molar-refractivity contribution in [2.75, 3.05) is 6.54 Å². The molecule has 4 saturated carbocycles. The lowest BCUT2D eigenvalue weighted by molar-refractivity contribution is -0.122. The smallest absolute Gasteiger partial charge is 0.220 e. The summed E-state index contributed by atoms with van der Waals surface area (Å²) in [5.74, 6) is 5.47. The Hall–Kier alpha value is -1.39. The third kappa shape index (κ3) is 2.70. The lowest BCUT2D eigenvalue weighted by Gasteiger charge is -2.54. The maximum Gasteiger partial charge on any atom is 0.220 e. The molecule has 5 rings (SSSR count). The molecule has 2 N–H and O–H groups in total. The molecule has 5 nitrogen and oxygen atoms in total. The molecule has 0 unspecified atom stereocenters. The Morgan fingerprint density at radius 1 is 1.19 bits per heavy atom. The molecule has 0 saturated heterocycles. The Morgan fingerprint density at radius 2 is 1.90 bits per heavy atom. The van der Waals surface area contributed by atoms with Crippen LogP contribution in [0.1, 0.15) is 44.3 Å². The zero-order valence-corrected chi connectivity index (χ0v) is 12.4. The van der Waals surface area contributed by atoms with Gasteiger partial charge in [-0.1, -0.05) is 0 Å². The minimum atomic E-state index is 0.153. The van der Waals surface area contributed by atoms with Crippen molar-refractivity contribution in [3.05, 3.63) is 12.2 Å². The van der Waals surface area contributed by atoms with E-state index in [0.717, 1.165) is 42.0 Å². The van der Waals surface area contributed by atoms with Crippen molar-refractivity contribution in [3.8, 4) is 0 Å². The van der Waals surface area contributed by atoms with E-state index in [1.54, 1.807) is 0 Å². The van der Waals surface area contributed by atoms with E-state index in [-0.39, 0.29) is 5.91 Å². The molecular formula is C16H24N4O. The normalized spacial score (nSPS) is 36.9. The number of amides is 1. The fourth-order valence-electron chi connectivity index (χ4n) is 5.27. The van der Waals surface area contributed by atoms with E-state index in [0.29, 0.717) is 12.8 Å². The van der Waals surface area contributed by atoms with Gasteiger partial charge in [-0.25, -0.2) is 4.98 Å². The van der Waals surface area contributed by atoms with E-state index in [2.05, 4.69) is 20.5 Å². The summed E-state index contributed by atoms with van der Waals surface area (Å²) < 4.78 is 0. The van der Waals surface area contributed by atoms with Crippen LogP contribution in [0.5, 0.6) is 0 Å². The highest BCUT2D eigenvalue weighted by molar-refractivity contribution is 5.76. The molecule has 1 heterocycles. The molecule has 1 aromatic rings. The molecule has 4 aliphatic carbocycles. The third-order valence-electron chi connectivity index (χ3n) is 6.01. The molecule has 4 aliphatic rings. The van der Waals surface area contributed by atoms with Crippen LogP contribution in [0.15, 0.2) is 6.33 Å². The van der Waals surface area contributed by atoms with Crippen molar-refractivity contribution < 1.29 is 4.79 Å². The van der Waals surface area contributed by atoms with E-state index < -0.39 is 0 Å². The molecule has 0 aromatic carbocycles. The number of rotatable bonds is 5. The number of aromatic amines is 1. The van der Waals surface area contributed by atoms with E-state index >= 15 is 0 Å². The number of hydrogen-bond donors (Lipinski definition) is 2. The van der Waals surface area contributed by atoms with Crippen molar-refractivity contribution in [1.82, 2.24) is 20.5 Å². The average Bonchev–Trinajstić information content (AvgIpc) is 2.97. The molecule has 114 valence electrons. The maximum atomic E-state index is 12.0. The van der Waals surface area contributed by atoms with Crippen LogP contribution in [-0.2, 0) is 11.2 Å². The second-order valence-corrected chi connectivity index (χ2v) is 7.33. The molecule has 21 heavy (non-hydrogen) atoms. The zero-order chi connectivity index (χ0) is 14.2. The lowest BCUT2D eigenvalue weighted by Crippen LogP contribution is -2.49. The predicted molar refractivity (Wildman–Crippen MR) is 78.2 cm³/mol. The number of nitrogens with zero attached hydrogens (tertiary/aromatic N) is 2. The van der Waals surface area contributed by atoms with Crippen molar-refractivity contribution in [2.24, 2.45) is 29.6 Å². The molecular weight excluding hydrogens is 264 g/mol. The second kappa shape index (κ2) is 5.43. The van der Waals surface area contributed by atoms with Crippen molar-refractivity contribution in [2.45, 2.75) is 44.9 Å². The van der Waals surface area contributed by atoms with Crippen LogP contribution >= 0.6 is 0 Å². The predicted octanol–water partition coefficient (Wildman–Crippen LogP) is 1.93. The van der Waals surface area contributed by atoms with Gasteiger partial charge in [0.1, 0.15) is 12.2 Å². The SMILES string of the molecule is O=C(CCc1ncn[nH]1)NCC1C2CC3CC(C2)CC1C3. The fourth-order valence-corrected chi connectivity index (χ4v) is 5.27. The molecule has 0 radical (unpaired) electrons. The van der Waals surface area contributed by atoms with Gasteiger partial charge in [-0.05, 0) is 61.7 Å². The average molecular weight is 288 g/mol. The zero-order valence-electron chi connectivity index (χ0n) is 12.4. The van der Waals surface area contributed by atoms with Gasteiger partial charge in [0.15, 0.2) is 0 Å². The summed E-state index contributed by atoms with van der Waals surface area (Å²) in [6, 6.07) is 0. The summed E-state index contributed by atoms with van der Waals surface area (Å²) in [4.78, 5) is 16.1. The Bertz CT molecular complexity index is 470. The molecule has 4 fully saturated rings. The van der Waals surface area contributed by atoms with Gasteiger partial charge in [0.2, 0.25) is 5.91 Å². The number of nitrogens with one attached hydrogen (secondary N) is 2. The lowest BCUT2D eigenvalue weighted by atomic mass is 9.52. The number of aryl methyl sites for hydroxylation is 1. The van der Waals surface area contributed by atoms with Gasteiger partial charge in [0.25, 0.3) is 0 Å². The summed E-state index contributed by atoms with van der Waals surface area (Å²) in [6.45, 7) is 0.893. The van der Waals surface area contributed by atoms with Crippen LogP contribution in [-0.4, -0.2) is 27.6 Å². The minimum Gasteiger partial charge on any atom is -0.356 e. The first kappa shape index (κ1) is 13.3. The second-order valence-electron chi connectivity index (χ2n) is 7.33. The van der Waals surface area contributed by atoms with Gasteiger partial charge in [-0.2, -0.15) is 5.10 Å². The van der Waals surface area contributed by atoms with Gasteiger partial charge < -0.3 is 5.32 Å². The van der Waals surface area contributed by atoms with Crippen LogP contribution in [0.2, 0.25) is 0 Å². The van der Waals surface area contributed by atoms with Crippen LogP contribution < -0.4 is 5.32 Å². The first-order valence-electron chi connectivity index (χ1n) is 8.39. The highest BCUT2D eigenvalue weighted by Gasteiger charge is 2.47. The molecule has 1 aromatic heterocycles. The van der Waals surface area contributed by atoms with Crippen molar-refractivity contribution in [1.29, 1.82) is 0 Å². The molecule has 5 heteroatoms. The summed E-state index contributed by atoms with van der Waals surface area (Å²) in [5, 5.41) is 9.77. The van der Waals surface area contributed by atoms with Gasteiger partial charge in [-0.15, -0.1) is 0 Å². The molecule has 4 bridgehead atoms. The number of carbonyl (C=O) groups is 1. The number of aromatic nitrogens is 3. The molecule has 1 amide bonds. The standard InChI is InChI=1S/C16H24N4O/c21-16(2-1-15-18-9-19-20-15)17-8-14-12-4-10-3-11(6-12)7-13(14)5-10/h9-14H,1-8H2,(H,17,21)(H,18,19,20). The Kier molecular flexibility index (Phi) is 3.43. The van der Waals surface area contributed by atoms with E-state index in [1.807, 2.05) is 0 Å². The number of carbonyl (C=O) groups excluding carboxylic acids is 1. The Labute approximate surface area is 125 Å². The summed E-state index contributed by atoms with van der Waals surface area (Å²) in [7, 11) is 0. The number of H-pyrrole nitrogens is 1. The summed E-state index contributed by atoms with van der Waals surface area (Å²) in [6.07, 6.45) is 9.81. The largest absolute Gasteiger partial charge is 0.356 e. The van der Waals surface area contributed by atoms with E-state index in [1.165, 1.54) is 38.4 Å². The highest BCUT2D eigenvalue weighted by atomic mass is 16.1. The number of hydrogen-bond acceptors (Lipinski definition) is 3. The van der Waals surface area contributed by atoms with Gasteiger partial charge in [-0.3, -0.25) is 9.89 Å². The van der Waals surface area contributed by atoms with E-state index in [9.17, 15) is 4.79 Å². The fraction of sp³-hybridized carbons (Fsp3) is 0.812. The van der Waals surface area contributed by atoms with Gasteiger partial charge in [0.05, 0.1) is 0 Å². The first-order valence-corrected chi connectivity index (χ1v) is 8.39. The maximum absolute atomic E-state index is 12.0. The van der Waals surface area contributed by atoms with Crippen LogP contribution in [0.3, 0.4) is 0 Å². The van der Waals surface area contributed by atoms with Crippen LogP contribution in [0.4, 0.5) is 0 Å². The monoisotopic (exact) mass is 288 g/mol. The highest BCUT2D eigenvalue weighted by Crippen LogP contribution is 2.56. The molecule has 0 aliphatic heterocycles. The topological polar surface area (TPSA) is 70.7 Å². The summed E-state index contributed by atoms with van der Waals surface area (Å²) >= 11 is 0. The Balaban J connectivity index is 1.26. The van der Waals surface area contributed by atoms with Crippen molar-refractivity contribution in [3.63, 3.8) is 0 Å². The van der Waals surface area contributed by atoms with Gasteiger partial charge >= 0.3 is 0 Å². The molecule has 0 atom stereocenters. The van der Waals surface area contributed by atoms with Crippen molar-refractivity contribution >= 4 is 5.91 Å². The minimum absolute atomic E-state index is 0.153. The van der Waals surface area contributed by atoms with Crippen LogP contribution in [0.25, 0.3) is 0 Å². The first-order chi connectivity index (χ1) is 10.3. The van der Waals surface area contributed by atoms with Crippen LogP contribution in [0, 0.1) is 29.6 Å². The van der Waals surface area contributed by atoms with E-state index in [4.69, 9.17) is 0 Å². The summed E-state index contributed by atoms with van der Waals surface area (Å²) in [5.41, 5.74) is 0. The Morgan fingerprint density at radius 3 is 2.52 bits per heavy atom. The quantitative estimate of drug-likeness (QED) is 0.869.